The Morgan fingerprint density at radius 3 is 2.76 bits per heavy atom. The van der Waals surface area contributed by atoms with Crippen molar-refractivity contribution in [2.45, 2.75) is 45.3 Å². The van der Waals surface area contributed by atoms with Crippen molar-refractivity contribution in [2.75, 3.05) is 23.3 Å². The number of halogens is 2. The Hall–Kier alpha value is -2.88. The average Bonchev–Trinajstić information content (AvgIpc) is 2.99. The number of fused-ring (bicyclic) bond motifs is 1. The number of aromatic nitrogens is 5. The van der Waals surface area contributed by atoms with Crippen LogP contribution in [0.3, 0.4) is 0 Å². The van der Waals surface area contributed by atoms with Crippen LogP contribution >= 0.6 is 0 Å². The van der Waals surface area contributed by atoms with Gasteiger partial charge in [-0.05, 0) is 33.3 Å². The fourth-order valence-corrected chi connectivity index (χ4v) is 3.64. The molecule has 0 saturated carbocycles. The highest BCUT2D eigenvalue weighted by molar-refractivity contribution is 5.79. The SMILES string of the molecule is Cc1nc2cnc(Nc3ccnc(N4CC[C@@H](O)C(F)(F)C4)n3)cc2n1C(C)C. The molecule has 3 aromatic rings. The van der Waals surface area contributed by atoms with Crippen molar-refractivity contribution in [3.63, 3.8) is 0 Å². The normalized spacial score (nSPS) is 19.1. The van der Waals surface area contributed by atoms with E-state index >= 15 is 0 Å². The molecule has 3 aromatic heterocycles. The van der Waals surface area contributed by atoms with Crippen LogP contribution in [0.2, 0.25) is 0 Å². The minimum absolute atomic E-state index is 0.0369. The lowest BCUT2D eigenvalue weighted by Crippen LogP contribution is -2.52. The summed E-state index contributed by atoms with van der Waals surface area (Å²) in [5, 5.41) is 12.6. The average molecular weight is 403 g/mol. The Morgan fingerprint density at radius 1 is 1.24 bits per heavy atom. The summed E-state index contributed by atoms with van der Waals surface area (Å²) in [7, 11) is 0. The fourth-order valence-electron chi connectivity index (χ4n) is 3.64. The van der Waals surface area contributed by atoms with Crippen LogP contribution in [0.5, 0.6) is 0 Å². The number of piperidine rings is 1. The third kappa shape index (κ3) is 3.71. The Kier molecular flexibility index (Phi) is 4.81. The summed E-state index contributed by atoms with van der Waals surface area (Å²) < 4.78 is 29.8. The van der Waals surface area contributed by atoms with Gasteiger partial charge in [-0.3, -0.25) is 0 Å². The van der Waals surface area contributed by atoms with Crippen molar-refractivity contribution >= 4 is 28.6 Å². The molecular weight excluding hydrogens is 380 g/mol. The highest BCUT2D eigenvalue weighted by Gasteiger charge is 2.44. The van der Waals surface area contributed by atoms with Crippen molar-refractivity contribution in [1.82, 2.24) is 24.5 Å². The Bertz CT molecular complexity index is 1040. The molecule has 1 aliphatic rings. The molecule has 2 N–H and O–H groups in total. The number of imidazole rings is 1. The molecule has 1 saturated heterocycles. The first kappa shape index (κ1) is 19.4. The summed E-state index contributed by atoms with van der Waals surface area (Å²) in [5.74, 6) is -1.07. The molecule has 8 nitrogen and oxygen atoms in total. The second-order valence-corrected chi connectivity index (χ2v) is 7.53. The first-order valence-corrected chi connectivity index (χ1v) is 9.50. The molecule has 10 heteroatoms. The van der Waals surface area contributed by atoms with Gasteiger partial charge in [-0.15, -0.1) is 0 Å². The second-order valence-electron chi connectivity index (χ2n) is 7.53. The maximum atomic E-state index is 13.9. The van der Waals surface area contributed by atoms with Crippen LogP contribution in [0, 0.1) is 6.92 Å². The lowest BCUT2D eigenvalue weighted by Gasteiger charge is -2.35. The molecule has 0 spiro atoms. The zero-order chi connectivity index (χ0) is 20.8. The molecule has 0 amide bonds. The number of rotatable bonds is 4. The number of anilines is 3. The van der Waals surface area contributed by atoms with Gasteiger partial charge in [0, 0.05) is 24.8 Å². The molecule has 4 rings (SSSR count). The number of aliphatic hydroxyl groups is 1. The maximum Gasteiger partial charge on any atom is 0.290 e. The van der Waals surface area contributed by atoms with Crippen molar-refractivity contribution in [3.8, 4) is 0 Å². The summed E-state index contributed by atoms with van der Waals surface area (Å²) in [5.41, 5.74) is 1.76. The van der Waals surface area contributed by atoms with E-state index in [9.17, 15) is 13.9 Å². The van der Waals surface area contributed by atoms with Crippen LogP contribution in [-0.4, -0.2) is 54.7 Å². The predicted octanol–water partition coefficient (Wildman–Crippen LogP) is 3.06. The van der Waals surface area contributed by atoms with Crippen LogP contribution < -0.4 is 10.2 Å². The molecule has 29 heavy (non-hydrogen) atoms. The van der Waals surface area contributed by atoms with Crippen LogP contribution in [0.4, 0.5) is 26.4 Å². The summed E-state index contributed by atoms with van der Waals surface area (Å²) in [6.07, 6.45) is 1.53. The minimum atomic E-state index is -3.19. The van der Waals surface area contributed by atoms with E-state index in [4.69, 9.17) is 0 Å². The van der Waals surface area contributed by atoms with Crippen LogP contribution in [0.1, 0.15) is 32.1 Å². The van der Waals surface area contributed by atoms with E-state index in [1.165, 1.54) is 11.1 Å². The van der Waals surface area contributed by atoms with E-state index in [2.05, 4.69) is 43.7 Å². The standard InChI is InChI=1S/C19H23F2N7O/c1-11(2)28-12(3)24-13-9-23-17(8-14(13)28)25-16-4-6-22-18(26-16)27-7-5-15(29)19(20,21)10-27/h4,6,8-9,11,15,29H,5,7,10H2,1-3H3,(H,22,23,25,26)/t15-/m1/s1. The third-order valence-electron chi connectivity index (χ3n) is 5.01. The monoisotopic (exact) mass is 403 g/mol. The number of hydrogen-bond donors (Lipinski definition) is 2. The van der Waals surface area contributed by atoms with Gasteiger partial charge in [0.2, 0.25) is 5.95 Å². The zero-order valence-corrected chi connectivity index (χ0v) is 16.5. The molecule has 0 bridgehead atoms. The highest BCUT2D eigenvalue weighted by Crippen LogP contribution is 2.29. The third-order valence-corrected chi connectivity index (χ3v) is 5.01. The van der Waals surface area contributed by atoms with E-state index in [1.54, 1.807) is 12.3 Å². The molecule has 0 unspecified atom stereocenters. The van der Waals surface area contributed by atoms with Gasteiger partial charge in [-0.2, -0.15) is 4.98 Å². The van der Waals surface area contributed by atoms with Gasteiger partial charge in [-0.25, -0.2) is 23.7 Å². The van der Waals surface area contributed by atoms with Crippen molar-refractivity contribution < 1.29 is 13.9 Å². The van der Waals surface area contributed by atoms with E-state index in [1.807, 2.05) is 13.0 Å². The number of nitrogens with zero attached hydrogens (tertiary/aromatic N) is 6. The number of nitrogens with one attached hydrogen (secondary N) is 1. The molecule has 0 aromatic carbocycles. The van der Waals surface area contributed by atoms with Crippen LogP contribution in [0.25, 0.3) is 11.0 Å². The first-order valence-electron chi connectivity index (χ1n) is 9.50. The van der Waals surface area contributed by atoms with Gasteiger partial charge in [0.15, 0.2) is 0 Å². The van der Waals surface area contributed by atoms with Crippen LogP contribution in [-0.2, 0) is 0 Å². The molecule has 1 fully saturated rings. The zero-order valence-electron chi connectivity index (χ0n) is 16.5. The quantitative estimate of drug-likeness (QED) is 0.692. The van der Waals surface area contributed by atoms with Gasteiger partial charge >= 0.3 is 0 Å². The van der Waals surface area contributed by atoms with Gasteiger partial charge < -0.3 is 19.9 Å². The molecule has 1 atom stereocenters. The lowest BCUT2D eigenvalue weighted by atomic mass is 10.0. The summed E-state index contributed by atoms with van der Waals surface area (Å²) in [6, 6.07) is 3.79. The van der Waals surface area contributed by atoms with Gasteiger partial charge in [0.05, 0.1) is 18.3 Å². The van der Waals surface area contributed by atoms with Crippen molar-refractivity contribution in [3.05, 3.63) is 30.4 Å². The Labute approximate surface area is 166 Å². The molecule has 1 aliphatic heterocycles. The van der Waals surface area contributed by atoms with Gasteiger partial charge in [-0.1, -0.05) is 0 Å². The van der Waals surface area contributed by atoms with Crippen molar-refractivity contribution in [2.24, 2.45) is 0 Å². The van der Waals surface area contributed by atoms with Crippen molar-refractivity contribution in [1.29, 1.82) is 0 Å². The first-order chi connectivity index (χ1) is 13.7. The Balaban J connectivity index is 1.59. The summed E-state index contributed by atoms with van der Waals surface area (Å²) in [6.45, 7) is 5.77. The van der Waals surface area contributed by atoms with Crippen LogP contribution in [0.15, 0.2) is 24.5 Å². The Morgan fingerprint density at radius 2 is 2.03 bits per heavy atom. The molecular formula is C19H23F2N7O. The van der Waals surface area contributed by atoms with Gasteiger partial charge in [0.1, 0.15) is 29.1 Å². The number of pyridine rings is 1. The molecule has 0 aliphatic carbocycles. The molecule has 4 heterocycles. The molecule has 0 radical (unpaired) electrons. The van der Waals surface area contributed by atoms with E-state index < -0.39 is 18.6 Å². The predicted molar refractivity (Wildman–Crippen MR) is 106 cm³/mol. The number of alkyl halides is 2. The lowest BCUT2D eigenvalue weighted by molar-refractivity contribution is -0.113. The topological polar surface area (TPSA) is 92.0 Å². The van der Waals surface area contributed by atoms with Gasteiger partial charge in [0.25, 0.3) is 5.92 Å². The highest BCUT2D eigenvalue weighted by atomic mass is 19.3. The second kappa shape index (κ2) is 7.18. The summed E-state index contributed by atoms with van der Waals surface area (Å²) in [4.78, 5) is 18.7. The number of aliphatic hydroxyl groups excluding tert-OH is 1. The van der Waals surface area contributed by atoms with E-state index in [0.717, 1.165) is 16.9 Å². The largest absolute Gasteiger partial charge is 0.387 e. The maximum absolute atomic E-state index is 13.9. The van der Waals surface area contributed by atoms with E-state index in [0.29, 0.717) is 11.6 Å². The number of hydrogen-bond acceptors (Lipinski definition) is 7. The summed E-state index contributed by atoms with van der Waals surface area (Å²) >= 11 is 0. The van der Waals surface area contributed by atoms with E-state index in [-0.39, 0.29) is 25.0 Å². The fraction of sp³-hybridized carbons (Fsp3) is 0.474. The minimum Gasteiger partial charge on any atom is -0.387 e. The number of aryl methyl sites for hydroxylation is 1. The molecule has 154 valence electrons. The smallest absolute Gasteiger partial charge is 0.290 e.